The molecule has 4 rings (SSSR count). The highest BCUT2D eigenvalue weighted by Gasteiger charge is 2.48. The highest BCUT2D eigenvalue weighted by Crippen LogP contribution is 2.45. The SMILES string of the molecule is CC(=O)NCCNC(=O)[C@@H]1C[C@H]2CCN(C(=O)c3cnc4cnn(C)c4c3)C[C@H]21. The first-order chi connectivity index (χ1) is 13.9. The number of nitrogens with one attached hydrogen (secondary N) is 2. The second kappa shape index (κ2) is 7.81. The van der Waals surface area contributed by atoms with Crippen LogP contribution in [0.5, 0.6) is 0 Å². The Kier molecular flexibility index (Phi) is 5.21. The van der Waals surface area contributed by atoms with Crippen LogP contribution in [0.2, 0.25) is 0 Å². The minimum atomic E-state index is -0.108. The molecule has 3 atom stereocenters. The first-order valence-electron chi connectivity index (χ1n) is 10.0. The van der Waals surface area contributed by atoms with Gasteiger partial charge < -0.3 is 15.5 Å². The maximum atomic E-state index is 13.0. The molecule has 1 aliphatic carbocycles. The van der Waals surface area contributed by atoms with Crippen LogP contribution in [0.1, 0.15) is 30.1 Å². The number of fused-ring (bicyclic) bond motifs is 2. The predicted octanol–water partition coefficient (Wildman–Crippen LogP) is 0.319. The zero-order chi connectivity index (χ0) is 20.5. The van der Waals surface area contributed by atoms with E-state index in [0.29, 0.717) is 37.7 Å². The number of hydrogen-bond acceptors (Lipinski definition) is 5. The number of amides is 3. The smallest absolute Gasteiger partial charge is 0.255 e. The Labute approximate surface area is 168 Å². The summed E-state index contributed by atoms with van der Waals surface area (Å²) in [6.07, 6.45) is 5.08. The number of aromatic nitrogens is 3. The molecule has 2 N–H and O–H groups in total. The summed E-state index contributed by atoms with van der Waals surface area (Å²) in [6.45, 7) is 3.60. The van der Waals surface area contributed by atoms with E-state index in [4.69, 9.17) is 0 Å². The molecule has 29 heavy (non-hydrogen) atoms. The van der Waals surface area contributed by atoms with Gasteiger partial charge in [0, 0.05) is 52.3 Å². The van der Waals surface area contributed by atoms with Gasteiger partial charge in [0.15, 0.2) is 0 Å². The summed E-state index contributed by atoms with van der Waals surface area (Å²) in [5.41, 5.74) is 2.14. The van der Waals surface area contributed by atoms with Crippen LogP contribution < -0.4 is 10.6 Å². The lowest BCUT2D eigenvalue weighted by molar-refractivity contribution is -0.136. The first kappa shape index (κ1) is 19.4. The molecule has 1 saturated carbocycles. The molecule has 3 heterocycles. The summed E-state index contributed by atoms with van der Waals surface area (Å²) >= 11 is 0. The molecule has 0 radical (unpaired) electrons. The van der Waals surface area contributed by atoms with Gasteiger partial charge in [-0.15, -0.1) is 0 Å². The summed E-state index contributed by atoms with van der Waals surface area (Å²) in [6, 6.07) is 1.83. The van der Waals surface area contributed by atoms with Crippen molar-refractivity contribution in [3.63, 3.8) is 0 Å². The molecule has 0 aromatic carbocycles. The summed E-state index contributed by atoms with van der Waals surface area (Å²) in [4.78, 5) is 42.6. The lowest BCUT2D eigenvalue weighted by Crippen LogP contribution is -2.56. The Bertz CT molecular complexity index is 955. The summed E-state index contributed by atoms with van der Waals surface area (Å²) < 4.78 is 1.71. The minimum Gasteiger partial charge on any atom is -0.355 e. The Hall–Kier alpha value is -2.97. The van der Waals surface area contributed by atoms with Gasteiger partial charge in [0.05, 0.1) is 17.3 Å². The van der Waals surface area contributed by atoms with Crippen molar-refractivity contribution in [2.24, 2.45) is 24.8 Å². The van der Waals surface area contributed by atoms with E-state index in [0.717, 1.165) is 23.9 Å². The van der Waals surface area contributed by atoms with Crippen LogP contribution in [-0.2, 0) is 16.6 Å². The molecule has 2 aromatic heterocycles. The number of aryl methyl sites for hydroxylation is 1. The van der Waals surface area contributed by atoms with Crippen LogP contribution in [0.15, 0.2) is 18.5 Å². The highest BCUT2D eigenvalue weighted by atomic mass is 16.2. The van der Waals surface area contributed by atoms with Crippen molar-refractivity contribution in [2.45, 2.75) is 19.8 Å². The normalized spacial score (nSPS) is 23.2. The van der Waals surface area contributed by atoms with Crippen molar-refractivity contribution in [1.29, 1.82) is 0 Å². The van der Waals surface area contributed by atoms with E-state index in [1.807, 2.05) is 18.0 Å². The largest absolute Gasteiger partial charge is 0.355 e. The van der Waals surface area contributed by atoms with Gasteiger partial charge in [0.2, 0.25) is 11.8 Å². The second-order valence-electron chi connectivity index (χ2n) is 7.98. The topological polar surface area (TPSA) is 109 Å². The highest BCUT2D eigenvalue weighted by molar-refractivity contribution is 5.96. The van der Waals surface area contributed by atoms with Gasteiger partial charge in [-0.3, -0.25) is 24.0 Å². The van der Waals surface area contributed by atoms with Crippen molar-refractivity contribution < 1.29 is 14.4 Å². The third-order valence-electron chi connectivity index (χ3n) is 6.15. The third-order valence-corrected chi connectivity index (χ3v) is 6.15. The molecule has 9 heteroatoms. The average molecular weight is 398 g/mol. The van der Waals surface area contributed by atoms with Crippen molar-refractivity contribution >= 4 is 28.8 Å². The van der Waals surface area contributed by atoms with E-state index in [1.54, 1.807) is 17.1 Å². The molecule has 9 nitrogen and oxygen atoms in total. The number of hydrogen-bond donors (Lipinski definition) is 2. The van der Waals surface area contributed by atoms with Crippen molar-refractivity contribution in [1.82, 2.24) is 30.3 Å². The molecule has 154 valence electrons. The van der Waals surface area contributed by atoms with Crippen molar-refractivity contribution in [3.8, 4) is 0 Å². The number of nitrogens with zero attached hydrogens (tertiary/aromatic N) is 4. The van der Waals surface area contributed by atoms with Gasteiger partial charge in [-0.1, -0.05) is 0 Å². The van der Waals surface area contributed by atoms with Gasteiger partial charge in [-0.2, -0.15) is 5.10 Å². The van der Waals surface area contributed by atoms with E-state index < -0.39 is 0 Å². The Morgan fingerprint density at radius 2 is 2.00 bits per heavy atom. The van der Waals surface area contributed by atoms with Gasteiger partial charge in [0.25, 0.3) is 5.91 Å². The van der Waals surface area contributed by atoms with Crippen LogP contribution in [0.25, 0.3) is 11.0 Å². The molecule has 0 spiro atoms. The van der Waals surface area contributed by atoms with Crippen LogP contribution >= 0.6 is 0 Å². The molecule has 0 bridgehead atoms. The van der Waals surface area contributed by atoms with Crippen LogP contribution in [-0.4, -0.2) is 63.6 Å². The number of carbonyl (C=O) groups is 3. The molecule has 0 unspecified atom stereocenters. The molecule has 1 aliphatic heterocycles. The summed E-state index contributed by atoms with van der Waals surface area (Å²) in [7, 11) is 1.83. The Morgan fingerprint density at radius 3 is 2.79 bits per heavy atom. The maximum absolute atomic E-state index is 13.0. The first-order valence-corrected chi connectivity index (χ1v) is 10.0. The molecular formula is C20H26N6O3. The Balaban J connectivity index is 1.37. The fourth-order valence-electron chi connectivity index (χ4n) is 4.45. The van der Waals surface area contributed by atoms with E-state index in [-0.39, 0.29) is 29.6 Å². The van der Waals surface area contributed by atoms with E-state index in [1.165, 1.54) is 6.92 Å². The number of likely N-dealkylation sites (tertiary alicyclic amines) is 1. The lowest BCUT2D eigenvalue weighted by atomic mass is 9.61. The average Bonchev–Trinajstić information content (AvgIpc) is 3.06. The molecule has 2 fully saturated rings. The van der Waals surface area contributed by atoms with Crippen LogP contribution in [0, 0.1) is 17.8 Å². The molecule has 2 aliphatic rings. The number of carbonyl (C=O) groups excluding carboxylic acids is 3. The number of pyridine rings is 1. The molecule has 1 saturated heterocycles. The van der Waals surface area contributed by atoms with E-state index in [9.17, 15) is 14.4 Å². The van der Waals surface area contributed by atoms with Gasteiger partial charge in [-0.25, -0.2) is 0 Å². The summed E-state index contributed by atoms with van der Waals surface area (Å²) in [5.74, 6) is 0.498. The standard InChI is InChI=1S/C20H26N6O3/c1-12(27)21-4-5-22-19(28)15-7-13-3-6-26(11-16(13)15)20(29)14-8-18-17(23-9-14)10-24-25(18)2/h8-10,13,15-16H,3-7,11H2,1-2H3,(H,21,27)(H,22,28)/t13-,15-,16-/m1/s1. The van der Waals surface area contributed by atoms with Crippen LogP contribution in [0.3, 0.4) is 0 Å². The molecule has 2 aromatic rings. The zero-order valence-corrected chi connectivity index (χ0v) is 16.7. The fraction of sp³-hybridized carbons (Fsp3) is 0.550. The van der Waals surface area contributed by atoms with Gasteiger partial charge in [0.1, 0.15) is 5.52 Å². The lowest BCUT2D eigenvalue weighted by Gasteiger charge is -2.50. The third kappa shape index (κ3) is 3.81. The van der Waals surface area contributed by atoms with E-state index in [2.05, 4.69) is 20.7 Å². The molecular weight excluding hydrogens is 372 g/mol. The number of piperidine rings is 1. The Morgan fingerprint density at radius 1 is 1.21 bits per heavy atom. The summed E-state index contributed by atoms with van der Waals surface area (Å²) in [5, 5.41) is 9.73. The van der Waals surface area contributed by atoms with Crippen molar-refractivity contribution in [3.05, 3.63) is 24.0 Å². The monoisotopic (exact) mass is 398 g/mol. The molecule has 3 amide bonds. The zero-order valence-electron chi connectivity index (χ0n) is 16.7. The maximum Gasteiger partial charge on any atom is 0.255 e. The van der Waals surface area contributed by atoms with E-state index >= 15 is 0 Å². The van der Waals surface area contributed by atoms with Gasteiger partial charge >= 0.3 is 0 Å². The quantitative estimate of drug-likeness (QED) is 0.705. The minimum absolute atomic E-state index is 0.0175. The second-order valence-corrected chi connectivity index (χ2v) is 7.98. The van der Waals surface area contributed by atoms with Crippen molar-refractivity contribution in [2.75, 3.05) is 26.2 Å². The van der Waals surface area contributed by atoms with Gasteiger partial charge in [-0.05, 0) is 30.7 Å². The van der Waals surface area contributed by atoms with Crippen LogP contribution in [0.4, 0.5) is 0 Å². The number of rotatable bonds is 5. The fourth-order valence-corrected chi connectivity index (χ4v) is 4.45. The predicted molar refractivity (Wildman–Crippen MR) is 106 cm³/mol.